The number of halogens is 1. The van der Waals surface area contributed by atoms with Gasteiger partial charge >= 0.3 is 5.97 Å². The van der Waals surface area contributed by atoms with E-state index in [1.165, 1.54) is 12.1 Å². The average Bonchev–Trinajstić information content (AvgIpc) is 2.99. The molecular formula is C18H23FN4O3. The van der Waals surface area contributed by atoms with Crippen molar-refractivity contribution in [3.8, 4) is 0 Å². The Morgan fingerprint density at radius 1 is 1.27 bits per heavy atom. The molecule has 1 atom stereocenters. The van der Waals surface area contributed by atoms with Crippen LogP contribution in [0.2, 0.25) is 0 Å². The van der Waals surface area contributed by atoms with Gasteiger partial charge in [-0.05, 0) is 18.2 Å². The van der Waals surface area contributed by atoms with Crippen LogP contribution in [0.3, 0.4) is 0 Å². The summed E-state index contributed by atoms with van der Waals surface area (Å²) in [6, 6.07) is 3.51. The zero-order valence-corrected chi connectivity index (χ0v) is 14.9. The van der Waals surface area contributed by atoms with Crippen LogP contribution in [0.5, 0.6) is 0 Å². The monoisotopic (exact) mass is 362 g/mol. The van der Waals surface area contributed by atoms with Crippen LogP contribution >= 0.6 is 0 Å². The minimum Gasteiger partial charge on any atom is -0.480 e. The third-order valence-corrected chi connectivity index (χ3v) is 4.83. The van der Waals surface area contributed by atoms with Crippen molar-refractivity contribution < 1.29 is 19.1 Å². The van der Waals surface area contributed by atoms with Crippen LogP contribution in [0.15, 0.2) is 24.4 Å². The van der Waals surface area contributed by atoms with Crippen LogP contribution in [0, 0.1) is 5.82 Å². The number of carboxylic acid groups (broad SMARTS) is 1. The molecule has 1 fully saturated rings. The Bertz CT molecular complexity index is 812. The molecule has 26 heavy (non-hydrogen) atoms. The molecule has 3 rings (SSSR count). The highest BCUT2D eigenvalue weighted by molar-refractivity contribution is 5.89. The normalized spacial score (nSPS) is 17.3. The number of nitrogens with one attached hydrogen (secondary N) is 1. The zero-order chi connectivity index (χ0) is 18.8. The molecule has 0 saturated carbocycles. The highest BCUT2D eigenvalue weighted by Gasteiger charge is 2.32. The predicted molar refractivity (Wildman–Crippen MR) is 95.3 cm³/mol. The molecule has 1 aliphatic heterocycles. The van der Waals surface area contributed by atoms with E-state index < -0.39 is 12.0 Å². The van der Waals surface area contributed by atoms with Crippen LogP contribution in [0.1, 0.15) is 11.6 Å². The summed E-state index contributed by atoms with van der Waals surface area (Å²) in [7, 11) is 3.44. The van der Waals surface area contributed by atoms with Crippen molar-refractivity contribution >= 4 is 22.8 Å². The molecule has 1 unspecified atom stereocenters. The van der Waals surface area contributed by atoms with E-state index in [-0.39, 0.29) is 11.7 Å². The van der Waals surface area contributed by atoms with Gasteiger partial charge in [0.05, 0.1) is 6.54 Å². The molecule has 8 heteroatoms. The van der Waals surface area contributed by atoms with E-state index in [0.29, 0.717) is 49.2 Å². The number of H-pyrrole nitrogens is 1. The molecule has 0 spiro atoms. The number of aromatic nitrogens is 1. The first-order chi connectivity index (χ1) is 12.4. The molecule has 1 aromatic carbocycles. The quantitative estimate of drug-likeness (QED) is 0.834. The molecule has 1 aromatic heterocycles. The van der Waals surface area contributed by atoms with Gasteiger partial charge in [-0.1, -0.05) is 0 Å². The molecule has 1 saturated heterocycles. The summed E-state index contributed by atoms with van der Waals surface area (Å²) in [5, 5.41) is 10.5. The van der Waals surface area contributed by atoms with Crippen molar-refractivity contribution in [3.05, 3.63) is 35.8 Å². The Kier molecular flexibility index (Phi) is 5.24. The Hall–Kier alpha value is -2.45. The molecule has 2 aromatic rings. The Labute approximate surface area is 151 Å². The number of benzene rings is 1. The first-order valence-electron chi connectivity index (χ1n) is 8.52. The number of hydrogen-bond donors (Lipinski definition) is 2. The molecule has 7 nitrogen and oxygen atoms in total. The fourth-order valence-electron chi connectivity index (χ4n) is 3.35. The summed E-state index contributed by atoms with van der Waals surface area (Å²) in [5.74, 6) is -1.27. The molecular weight excluding hydrogens is 339 g/mol. The fraction of sp³-hybridized carbons (Fsp3) is 0.444. The topological polar surface area (TPSA) is 79.9 Å². The van der Waals surface area contributed by atoms with E-state index in [1.54, 1.807) is 31.3 Å². The molecule has 0 bridgehead atoms. The number of piperazine rings is 1. The Morgan fingerprint density at radius 2 is 1.96 bits per heavy atom. The predicted octanol–water partition coefficient (Wildman–Crippen LogP) is 1.14. The van der Waals surface area contributed by atoms with Crippen LogP contribution in [0.4, 0.5) is 4.39 Å². The van der Waals surface area contributed by atoms with Gasteiger partial charge in [0.2, 0.25) is 5.91 Å². The third kappa shape index (κ3) is 3.71. The number of hydrogen-bond acceptors (Lipinski definition) is 4. The van der Waals surface area contributed by atoms with Gasteiger partial charge in [0.15, 0.2) is 0 Å². The maximum absolute atomic E-state index is 13.4. The van der Waals surface area contributed by atoms with Crippen molar-refractivity contribution in [1.82, 2.24) is 19.7 Å². The van der Waals surface area contributed by atoms with Gasteiger partial charge in [-0.15, -0.1) is 0 Å². The fourth-order valence-corrected chi connectivity index (χ4v) is 3.35. The number of likely N-dealkylation sites (N-methyl/N-ethyl adjacent to an activating group) is 1. The number of amides is 1. The number of rotatable bonds is 5. The second-order valence-corrected chi connectivity index (χ2v) is 6.77. The standard InChI is InChI=1S/C18H23FN4O3/c1-21(2)16(24)11-22-5-7-23(8-6-22)17(18(25)26)14-10-20-15-9-12(19)3-4-13(14)15/h3-4,9-10,17,20H,5-8,11H2,1-2H3,(H,25,26). The molecule has 2 N–H and O–H groups in total. The minimum absolute atomic E-state index is 0.0342. The van der Waals surface area contributed by atoms with Gasteiger partial charge in [-0.25, -0.2) is 4.39 Å². The summed E-state index contributed by atoms with van der Waals surface area (Å²) in [4.78, 5) is 32.2. The lowest BCUT2D eigenvalue weighted by atomic mass is 10.0. The van der Waals surface area contributed by atoms with Crippen LogP contribution in [0.25, 0.3) is 10.9 Å². The van der Waals surface area contributed by atoms with Crippen molar-refractivity contribution in [3.63, 3.8) is 0 Å². The number of carboxylic acids is 1. The second-order valence-electron chi connectivity index (χ2n) is 6.77. The van der Waals surface area contributed by atoms with Gasteiger partial charge in [0.1, 0.15) is 11.9 Å². The number of carbonyl (C=O) groups is 2. The second kappa shape index (κ2) is 7.43. The molecule has 0 radical (unpaired) electrons. The van der Waals surface area contributed by atoms with E-state index >= 15 is 0 Å². The summed E-state index contributed by atoms with van der Waals surface area (Å²) >= 11 is 0. The van der Waals surface area contributed by atoms with Crippen molar-refractivity contribution in [2.24, 2.45) is 0 Å². The minimum atomic E-state index is -0.937. The third-order valence-electron chi connectivity index (χ3n) is 4.83. The van der Waals surface area contributed by atoms with Crippen LogP contribution < -0.4 is 0 Å². The number of aromatic amines is 1. The lowest BCUT2D eigenvalue weighted by Gasteiger charge is -2.37. The van der Waals surface area contributed by atoms with E-state index in [2.05, 4.69) is 4.98 Å². The summed E-state index contributed by atoms with van der Waals surface area (Å²) in [6.45, 7) is 2.68. The molecule has 2 heterocycles. The number of fused-ring (bicyclic) bond motifs is 1. The first-order valence-corrected chi connectivity index (χ1v) is 8.52. The molecule has 1 amide bonds. The molecule has 140 valence electrons. The van der Waals surface area contributed by atoms with Gasteiger partial charge < -0.3 is 15.0 Å². The lowest BCUT2D eigenvalue weighted by molar-refractivity contribution is -0.145. The Morgan fingerprint density at radius 3 is 2.58 bits per heavy atom. The van der Waals surface area contributed by atoms with Crippen LogP contribution in [-0.4, -0.2) is 83.5 Å². The van der Waals surface area contributed by atoms with Gasteiger partial charge in [0, 0.05) is 62.9 Å². The van der Waals surface area contributed by atoms with Crippen molar-refractivity contribution in [2.45, 2.75) is 6.04 Å². The van der Waals surface area contributed by atoms with Gasteiger partial charge in [0.25, 0.3) is 0 Å². The number of aliphatic carboxylic acids is 1. The highest BCUT2D eigenvalue weighted by atomic mass is 19.1. The van der Waals surface area contributed by atoms with Gasteiger partial charge in [-0.2, -0.15) is 0 Å². The summed E-state index contributed by atoms with van der Waals surface area (Å²) in [5.41, 5.74) is 1.21. The number of nitrogens with zero attached hydrogens (tertiary/aromatic N) is 3. The maximum atomic E-state index is 13.4. The SMILES string of the molecule is CN(C)C(=O)CN1CCN(C(C(=O)O)c2c[nH]c3cc(F)ccc23)CC1. The summed E-state index contributed by atoms with van der Waals surface area (Å²) < 4.78 is 13.4. The Balaban J connectivity index is 1.75. The van der Waals surface area contributed by atoms with Crippen molar-refractivity contribution in [2.75, 3.05) is 46.8 Å². The zero-order valence-electron chi connectivity index (χ0n) is 14.9. The number of carbonyl (C=O) groups excluding carboxylic acids is 1. The van der Waals surface area contributed by atoms with Crippen molar-refractivity contribution in [1.29, 1.82) is 0 Å². The van der Waals surface area contributed by atoms with E-state index in [4.69, 9.17) is 0 Å². The van der Waals surface area contributed by atoms with Gasteiger partial charge in [-0.3, -0.25) is 19.4 Å². The molecule has 1 aliphatic rings. The first kappa shape index (κ1) is 18.3. The summed E-state index contributed by atoms with van der Waals surface area (Å²) in [6.07, 6.45) is 1.64. The molecule has 0 aliphatic carbocycles. The largest absolute Gasteiger partial charge is 0.480 e. The lowest BCUT2D eigenvalue weighted by Crippen LogP contribution is -2.51. The highest BCUT2D eigenvalue weighted by Crippen LogP contribution is 2.30. The van der Waals surface area contributed by atoms with E-state index in [1.807, 2.05) is 9.80 Å². The van der Waals surface area contributed by atoms with E-state index in [0.717, 1.165) is 0 Å². The average molecular weight is 362 g/mol. The van der Waals surface area contributed by atoms with Crippen LogP contribution in [-0.2, 0) is 9.59 Å². The smallest absolute Gasteiger partial charge is 0.325 e. The van der Waals surface area contributed by atoms with E-state index in [9.17, 15) is 19.1 Å². The maximum Gasteiger partial charge on any atom is 0.325 e.